The second-order valence-corrected chi connectivity index (χ2v) is 11.0. The number of aromatic carboxylic acids is 1. The Hall–Kier alpha value is -5.14. The average molecular weight is 595 g/mol. The summed E-state index contributed by atoms with van der Waals surface area (Å²) in [6.45, 7) is 5.76. The van der Waals surface area contributed by atoms with Crippen molar-refractivity contribution in [1.29, 1.82) is 0 Å². The number of nitrogens with one attached hydrogen (secondary N) is 1. The highest BCUT2D eigenvalue weighted by molar-refractivity contribution is 6.03. The van der Waals surface area contributed by atoms with Crippen molar-refractivity contribution in [3.63, 3.8) is 0 Å². The number of benzene rings is 1. The summed E-state index contributed by atoms with van der Waals surface area (Å²) in [5.74, 6) is -1.24. The van der Waals surface area contributed by atoms with Crippen LogP contribution < -0.4 is 10.2 Å². The van der Waals surface area contributed by atoms with Crippen molar-refractivity contribution in [2.45, 2.75) is 45.6 Å². The molecule has 1 aromatic carbocycles. The highest BCUT2D eigenvalue weighted by Gasteiger charge is 2.31. The number of aromatic nitrogens is 4. The van der Waals surface area contributed by atoms with Crippen LogP contribution in [0.1, 0.15) is 66.6 Å². The maximum Gasteiger partial charge on any atom is 0.416 e. The number of pyridine rings is 1. The summed E-state index contributed by atoms with van der Waals surface area (Å²) in [5.41, 5.74) is -1.07. The van der Waals surface area contributed by atoms with Gasteiger partial charge >= 0.3 is 12.1 Å². The molecule has 1 aliphatic carbocycles. The number of anilines is 2. The third kappa shape index (κ3) is 7.02. The number of hydrogen-bond donors (Lipinski definition) is 2. The van der Waals surface area contributed by atoms with Gasteiger partial charge < -0.3 is 19.6 Å². The van der Waals surface area contributed by atoms with Gasteiger partial charge in [0, 0.05) is 18.3 Å². The van der Waals surface area contributed by atoms with E-state index in [0.29, 0.717) is 29.5 Å². The lowest BCUT2D eigenvalue weighted by atomic mass is 10.2. The fourth-order valence-corrected chi connectivity index (χ4v) is 4.07. The number of carbonyl (C=O) groups excluding carboxylic acids is 2. The van der Waals surface area contributed by atoms with E-state index >= 15 is 0 Å². The lowest BCUT2D eigenvalue weighted by Crippen LogP contribution is -2.38. The molecule has 2 N–H and O–H groups in total. The normalized spacial score (nSPS) is 13.2. The smallest absolute Gasteiger partial charge is 0.416 e. The molecule has 1 saturated carbocycles. The number of hydrogen-bond acceptors (Lipinski definition) is 8. The third-order valence-corrected chi connectivity index (χ3v) is 6.33. The monoisotopic (exact) mass is 594 g/mol. The van der Waals surface area contributed by atoms with Crippen LogP contribution in [0.5, 0.6) is 0 Å². The highest BCUT2D eigenvalue weighted by atomic mass is 19.3. The van der Waals surface area contributed by atoms with Crippen molar-refractivity contribution < 1.29 is 37.4 Å². The van der Waals surface area contributed by atoms with Crippen LogP contribution in [0, 0.1) is 5.92 Å². The fourth-order valence-electron chi connectivity index (χ4n) is 4.07. The SMILES string of the molecule is CC(C)(C)OC(=O)N(CC1CC1)c1cc(-c2nc(C(=O)Nc3cn(-c4ccc(C(=O)O)cc4)nc3C(F)F)co2)ccn1. The molecule has 1 aliphatic rings. The standard InChI is InChI=1S/C29H28F2N6O6/c1-29(2,3)43-28(41)36(13-16-4-5-16)22-12-18(10-11-32-22)26-34-21(15-42-26)25(38)33-20-14-37(35-23(20)24(30)31)19-8-6-17(7-9-19)27(39)40/h6-12,14-16,24H,4-5,13H2,1-3H3,(H,33,38)(H,39,40). The number of nitrogens with zero attached hydrogens (tertiary/aromatic N) is 5. The second-order valence-electron chi connectivity index (χ2n) is 11.0. The summed E-state index contributed by atoms with van der Waals surface area (Å²) in [7, 11) is 0. The molecule has 0 spiro atoms. The van der Waals surface area contributed by atoms with Crippen molar-refractivity contribution in [2.75, 3.05) is 16.8 Å². The van der Waals surface area contributed by atoms with Gasteiger partial charge in [0.2, 0.25) is 5.89 Å². The lowest BCUT2D eigenvalue weighted by Gasteiger charge is -2.27. The van der Waals surface area contributed by atoms with Gasteiger partial charge in [-0.1, -0.05) is 0 Å². The molecule has 1 fully saturated rings. The van der Waals surface area contributed by atoms with E-state index in [4.69, 9.17) is 14.3 Å². The summed E-state index contributed by atoms with van der Waals surface area (Å²) in [6.07, 6.45) is 2.20. The number of amides is 2. The van der Waals surface area contributed by atoms with Crippen molar-refractivity contribution in [3.05, 3.63) is 72.0 Å². The van der Waals surface area contributed by atoms with Crippen LogP contribution in [0.15, 0.2) is 59.5 Å². The number of carbonyl (C=O) groups is 3. The molecule has 3 heterocycles. The number of rotatable bonds is 9. The minimum atomic E-state index is -3.01. The van der Waals surface area contributed by atoms with E-state index < -0.39 is 35.7 Å². The van der Waals surface area contributed by atoms with Crippen molar-refractivity contribution in [2.24, 2.45) is 5.92 Å². The molecule has 0 atom stereocenters. The number of alkyl halides is 2. The summed E-state index contributed by atoms with van der Waals surface area (Å²) >= 11 is 0. The van der Waals surface area contributed by atoms with Gasteiger partial charge in [0.15, 0.2) is 11.4 Å². The molecule has 0 radical (unpaired) electrons. The van der Waals surface area contributed by atoms with Crippen LogP contribution in [-0.4, -0.2) is 55.0 Å². The first kappa shape index (κ1) is 29.4. The molecular weight excluding hydrogens is 566 g/mol. The topological polar surface area (TPSA) is 153 Å². The number of halogens is 2. The summed E-state index contributed by atoms with van der Waals surface area (Å²) in [6, 6.07) is 8.60. The summed E-state index contributed by atoms with van der Waals surface area (Å²) in [5, 5.41) is 15.3. The Morgan fingerprint density at radius 2 is 1.91 bits per heavy atom. The minimum absolute atomic E-state index is 0.0159. The van der Waals surface area contributed by atoms with E-state index in [-0.39, 0.29) is 22.8 Å². The van der Waals surface area contributed by atoms with Gasteiger partial charge in [-0.3, -0.25) is 9.69 Å². The molecule has 4 aromatic rings. The van der Waals surface area contributed by atoms with E-state index in [0.717, 1.165) is 23.8 Å². The zero-order valence-corrected chi connectivity index (χ0v) is 23.5. The van der Waals surface area contributed by atoms with E-state index in [1.54, 1.807) is 32.9 Å². The molecular formula is C29H28F2N6O6. The second kappa shape index (κ2) is 11.6. The molecule has 43 heavy (non-hydrogen) atoms. The van der Waals surface area contributed by atoms with Crippen LogP contribution in [-0.2, 0) is 4.74 Å². The minimum Gasteiger partial charge on any atom is -0.478 e. The summed E-state index contributed by atoms with van der Waals surface area (Å²) in [4.78, 5) is 47.0. The Morgan fingerprint density at radius 1 is 1.19 bits per heavy atom. The van der Waals surface area contributed by atoms with Gasteiger partial charge in [0.25, 0.3) is 12.3 Å². The maximum atomic E-state index is 13.8. The zero-order chi connectivity index (χ0) is 30.9. The maximum absolute atomic E-state index is 13.8. The zero-order valence-electron chi connectivity index (χ0n) is 23.5. The van der Waals surface area contributed by atoms with Crippen LogP contribution in [0.2, 0.25) is 0 Å². The molecule has 14 heteroatoms. The van der Waals surface area contributed by atoms with Gasteiger partial charge in [-0.25, -0.2) is 33.0 Å². The molecule has 0 saturated heterocycles. The van der Waals surface area contributed by atoms with E-state index in [1.165, 1.54) is 41.6 Å². The molecule has 12 nitrogen and oxygen atoms in total. The first-order chi connectivity index (χ1) is 20.4. The molecule has 0 unspecified atom stereocenters. The van der Waals surface area contributed by atoms with Crippen LogP contribution in [0.4, 0.5) is 25.1 Å². The largest absolute Gasteiger partial charge is 0.478 e. The fraction of sp³-hybridized carbons (Fsp3) is 0.310. The molecule has 3 aromatic heterocycles. The van der Waals surface area contributed by atoms with Gasteiger partial charge in [-0.2, -0.15) is 5.10 Å². The van der Waals surface area contributed by atoms with E-state index in [2.05, 4.69) is 20.4 Å². The Morgan fingerprint density at radius 3 is 2.53 bits per heavy atom. The first-order valence-electron chi connectivity index (χ1n) is 13.3. The number of carboxylic acids is 1. The Labute approximate surface area is 244 Å². The van der Waals surface area contributed by atoms with Crippen molar-refractivity contribution in [3.8, 4) is 17.1 Å². The van der Waals surface area contributed by atoms with Gasteiger partial charge in [-0.15, -0.1) is 0 Å². The number of ether oxygens (including phenoxy) is 1. The summed E-state index contributed by atoms with van der Waals surface area (Å²) < 4.78 is 39.7. The third-order valence-electron chi connectivity index (χ3n) is 6.33. The molecule has 5 rings (SSSR count). The van der Waals surface area contributed by atoms with E-state index in [9.17, 15) is 23.2 Å². The molecule has 2 amide bonds. The van der Waals surface area contributed by atoms with Crippen LogP contribution in [0.25, 0.3) is 17.1 Å². The van der Waals surface area contributed by atoms with E-state index in [1.807, 2.05) is 0 Å². The molecule has 224 valence electrons. The van der Waals surface area contributed by atoms with Crippen LogP contribution in [0.3, 0.4) is 0 Å². The number of carboxylic acid groups (broad SMARTS) is 1. The van der Waals surface area contributed by atoms with Gasteiger partial charge in [-0.05, 0) is 75.9 Å². The van der Waals surface area contributed by atoms with Crippen molar-refractivity contribution in [1.82, 2.24) is 19.7 Å². The molecule has 0 aliphatic heterocycles. The van der Waals surface area contributed by atoms with Crippen LogP contribution >= 0.6 is 0 Å². The predicted octanol–water partition coefficient (Wildman–Crippen LogP) is 5.96. The first-order valence-corrected chi connectivity index (χ1v) is 13.3. The average Bonchev–Trinajstić information content (AvgIpc) is 3.45. The van der Waals surface area contributed by atoms with Crippen molar-refractivity contribution >= 4 is 29.5 Å². The lowest BCUT2D eigenvalue weighted by molar-refractivity contribution is 0.0576. The van der Waals surface area contributed by atoms with Gasteiger partial charge in [0.05, 0.1) is 23.1 Å². The Balaban J connectivity index is 1.35. The Bertz CT molecular complexity index is 1660. The van der Waals surface area contributed by atoms with Gasteiger partial charge in [0.1, 0.15) is 17.7 Å². The highest BCUT2D eigenvalue weighted by Crippen LogP contribution is 2.33. The number of oxazole rings is 1. The quantitative estimate of drug-likeness (QED) is 0.239. The molecule has 0 bridgehead atoms. The Kier molecular flexibility index (Phi) is 7.93. The predicted molar refractivity (Wildman–Crippen MR) is 149 cm³/mol.